The Morgan fingerprint density at radius 3 is 2.31 bits per heavy atom. The summed E-state index contributed by atoms with van der Waals surface area (Å²) >= 11 is 0. The lowest BCUT2D eigenvalue weighted by Crippen LogP contribution is -2.45. The molecule has 1 aliphatic carbocycles. The van der Waals surface area contributed by atoms with E-state index in [-0.39, 0.29) is 30.1 Å². The van der Waals surface area contributed by atoms with Crippen molar-refractivity contribution in [2.45, 2.75) is 45.1 Å². The van der Waals surface area contributed by atoms with Gasteiger partial charge >= 0.3 is 5.97 Å². The first-order valence-electron chi connectivity index (χ1n) is 9.71. The van der Waals surface area contributed by atoms with Gasteiger partial charge in [0.05, 0.1) is 24.3 Å². The molecule has 8 nitrogen and oxygen atoms in total. The van der Waals surface area contributed by atoms with Crippen molar-refractivity contribution in [3.63, 3.8) is 0 Å². The van der Waals surface area contributed by atoms with E-state index in [1.807, 2.05) is 6.07 Å². The molecule has 1 heterocycles. The molecule has 0 bridgehead atoms. The molecule has 1 aromatic carbocycles. The molecule has 2 fully saturated rings. The smallest absolute Gasteiger partial charge is 0.329 e. The van der Waals surface area contributed by atoms with Gasteiger partial charge in [0.2, 0.25) is 11.8 Å². The Morgan fingerprint density at radius 1 is 1.17 bits per heavy atom. The maximum atomic E-state index is 12.5. The fourth-order valence-corrected chi connectivity index (χ4v) is 3.93. The van der Waals surface area contributed by atoms with Crippen LogP contribution in [0.15, 0.2) is 24.3 Å². The summed E-state index contributed by atoms with van der Waals surface area (Å²) < 4.78 is 5.02. The van der Waals surface area contributed by atoms with Crippen molar-refractivity contribution in [2.75, 3.05) is 11.9 Å². The highest BCUT2D eigenvalue weighted by Crippen LogP contribution is 2.38. The van der Waals surface area contributed by atoms with Crippen molar-refractivity contribution in [2.24, 2.45) is 11.8 Å². The monoisotopic (exact) mass is 397 g/mol. The van der Waals surface area contributed by atoms with Gasteiger partial charge in [0.1, 0.15) is 6.04 Å². The molecule has 1 aliphatic heterocycles. The lowest BCUT2D eigenvalue weighted by Gasteiger charge is -2.21. The lowest BCUT2D eigenvalue weighted by molar-refractivity contribution is -0.159. The number of benzene rings is 1. The Hall–Kier alpha value is -3.21. The van der Waals surface area contributed by atoms with Gasteiger partial charge in [0.15, 0.2) is 6.61 Å². The Kier molecular flexibility index (Phi) is 6.27. The Labute approximate surface area is 168 Å². The minimum atomic E-state index is -1.06. The minimum absolute atomic E-state index is 0.277. The third-order valence-corrected chi connectivity index (χ3v) is 5.47. The zero-order chi connectivity index (χ0) is 21.0. The molecule has 3 atom stereocenters. The van der Waals surface area contributed by atoms with Crippen LogP contribution in [-0.2, 0) is 30.3 Å². The molecular weight excluding hydrogens is 374 g/mol. The van der Waals surface area contributed by atoms with E-state index in [9.17, 15) is 19.2 Å². The highest BCUT2D eigenvalue weighted by molar-refractivity contribution is 6.08. The van der Waals surface area contributed by atoms with Gasteiger partial charge in [0, 0.05) is 5.69 Å². The molecule has 0 radical (unpaired) electrons. The van der Waals surface area contributed by atoms with Crippen LogP contribution in [0.3, 0.4) is 0 Å². The van der Waals surface area contributed by atoms with E-state index >= 15 is 0 Å². The predicted molar refractivity (Wildman–Crippen MR) is 102 cm³/mol. The number of carbonyl (C=O) groups excluding carboxylic acids is 4. The van der Waals surface area contributed by atoms with Crippen LogP contribution < -0.4 is 5.32 Å². The van der Waals surface area contributed by atoms with Crippen molar-refractivity contribution in [3.05, 3.63) is 29.8 Å². The van der Waals surface area contributed by atoms with Gasteiger partial charge in [-0.25, -0.2) is 4.79 Å². The first kappa shape index (κ1) is 20.5. The number of ether oxygens (including phenoxy) is 1. The molecule has 1 N–H and O–H groups in total. The Bertz CT molecular complexity index is 834. The van der Waals surface area contributed by atoms with E-state index in [0.29, 0.717) is 18.5 Å². The first-order chi connectivity index (χ1) is 13.9. The highest BCUT2D eigenvalue weighted by Gasteiger charge is 2.51. The average Bonchev–Trinajstić information content (AvgIpc) is 2.98. The number of esters is 1. The third kappa shape index (κ3) is 4.45. The summed E-state index contributed by atoms with van der Waals surface area (Å²) in [6.07, 6.45) is 3.43. The zero-order valence-electron chi connectivity index (χ0n) is 16.2. The number of carbonyl (C=O) groups is 4. The molecule has 8 heteroatoms. The number of anilines is 1. The normalized spacial score (nSPS) is 21.9. The molecule has 2 unspecified atom stereocenters. The number of nitrogens with one attached hydrogen (secondary N) is 1. The number of amides is 3. The highest BCUT2D eigenvalue weighted by atomic mass is 16.5. The average molecular weight is 397 g/mol. The second-order valence-corrected chi connectivity index (χ2v) is 7.41. The standard InChI is InChI=1S/C21H23N3O5/c1-13(24-19(26)16-4-2-3-5-17(16)20(24)27)21(28)29-12-18(25)23-15-8-6-14(7-9-15)10-11-22/h6-9,13,16-17H,2-5,10,12H2,1H3,(H,23,25)/t13-,16?,17?/m0/s1. The summed E-state index contributed by atoms with van der Waals surface area (Å²) in [4.78, 5) is 50.4. The van der Waals surface area contributed by atoms with Gasteiger partial charge in [-0.3, -0.25) is 19.3 Å². The predicted octanol–water partition coefficient (Wildman–Crippen LogP) is 1.80. The summed E-state index contributed by atoms with van der Waals surface area (Å²) in [7, 11) is 0. The fourth-order valence-electron chi connectivity index (χ4n) is 3.93. The fraction of sp³-hybridized carbons (Fsp3) is 0.476. The topological polar surface area (TPSA) is 117 Å². The number of hydrogen-bond acceptors (Lipinski definition) is 6. The molecule has 1 saturated carbocycles. The van der Waals surface area contributed by atoms with Crippen molar-refractivity contribution in [1.29, 1.82) is 5.26 Å². The lowest BCUT2D eigenvalue weighted by atomic mass is 9.81. The van der Waals surface area contributed by atoms with Gasteiger partial charge in [-0.2, -0.15) is 5.26 Å². The third-order valence-electron chi connectivity index (χ3n) is 5.47. The van der Waals surface area contributed by atoms with Crippen molar-refractivity contribution in [1.82, 2.24) is 4.90 Å². The van der Waals surface area contributed by atoms with Crippen LogP contribution in [0.1, 0.15) is 38.2 Å². The van der Waals surface area contributed by atoms with E-state index in [2.05, 4.69) is 5.32 Å². The number of rotatable bonds is 6. The van der Waals surface area contributed by atoms with Crippen LogP contribution in [0.5, 0.6) is 0 Å². The molecule has 3 rings (SSSR count). The maximum Gasteiger partial charge on any atom is 0.329 e. The van der Waals surface area contributed by atoms with Crippen molar-refractivity contribution in [3.8, 4) is 6.07 Å². The van der Waals surface area contributed by atoms with Crippen molar-refractivity contribution < 1.29 is 23.9 Å². The first-order valence-corrected chi connectivity index (χ1v) is 9.71. The van der Waals surface area contributed by atoms with Gasteiger partial charge in [-0.1, -0.05) is 25.0 Å². The van der Waals surface area contributed by atoms with E-state index in [1.165, 1.54) is 6.92 Å². The zero-order valence-corrected chi connectivity index (χ0v) is 16.2. The maximum absolute atomic E-state index is 12.5. The molecule has 152 valence electrons. The summed E-state index contributed by atoms with van der Waals surface area (Å²) in [6, 6.07) is 7.72. The van der Waals surface area contributed by atoms with Gasteiger partial charge in [0.25, 0.3) is 5.91 Å². The molecule has 1 saturated heterocycles. The number of likely N-dealkylation sites (tertiary alicyclic amines) is 1. The van der Waals surface area contributed by atoms with E-state index in [0.717, 1.165) is 23.3 Å². The SMILES string of the molecule is C[C@@H](C(=O)OCC(=O)Nc1ccc(CC#N)cc1)N1C(=O)C2CCCCC2C1=O. The number of hydrogen-bond donors (Lipinski definition) is 1. The van der Waals surface area contributed by atoms with Gasteiger partial charge < -0.3 is 10.1 Å². The molecule has 0 aromatic heterocycles. The molecular formula is C21H23N3O5. The second-order valence-electron chi connectivity index (χ2n) is 7.41. The minimum Gasteiger partial charge on any atom is -0.454 e. The number of nitrogens with zero attached hydrogens (tertiary/aromatic N) is 2. The summed E-state index contributed by atoms with van der Waals surface area (Å²) in [5.74, 6) is -2.62. The molecule has 0 spiro atoms. The van der Waals surface area contributed by atoms with Crippen LogP contribution in [0.4, 0.5) is 5.69 Å². The van der Waals surface area contributed by atoms with Crippen LogP contribution in [0.25, 0.3) is 0 Å². The molecule has 29 heavy (non-hydrogen) atoms. The van der Waals surface area contributed by atoms with E-state index < -0.39 is 24.5 Å². The molecule has 3 amide bonds. The summed E-state index contributed by atoms with van der Waals surface area (Å²) in [6.45, 7) is 0.924. The van der Waals surface area contributed by atoms with Crippen LogP contribution in [0, 0.1) is 23.2 Å². The number of imide groups is 1. The van der Waals surface area contributed by atoms with Crippen LogP contribution in [0.2, 0.25) is 0 Å². The summed E-state index contributed by atoms with van der Waals surface area (Å²) in [5, 5.41) is 11.2. The number of fused-ring (bicyclic) bond motifs is 1. The Balaban J connectivity index is 1.52. The Morgan fingerprint density at radius 2 is 1.76 bits per heavy atom. The van der Waals surface area contributed by atoms with Crippen LogP contribution in [-0.4, -0.2) is 41.2 Å². The van der Waals surface area contributed by atoms with Crippen LogP contribution >= 0.6 is 0 Å². The van der Waals surface area contributed by atoms with E-state index in [4.69, 9.17) is 10.00 Å². The summed E-state index contributed by atoms with van der Waals surface area (Å²) in [5.41, 5.74) is 1.33. The van der Waals surface area contributed by atoms with Gasteiger partial charge in [-0.05, 0) is 37.5 Å². The molecule has 1 aromatic rings. The largest absolute Gasteiger partial charge is 0.454 e. The quantitative estimate of drug-likeness (QED) is 0.578. The second kappa shape index (κ2) is 8.86. The van der Waals surface area contributed by atoms with Crippen molar-refractivity contribution >= 4 is 29.4 Å². The molecule has 2 aliphatic rings. The number of nitriles is 1. The van der Waals surface area contributed by atoms with Gasteiger partial charge in [-0.15, -0.1) is 0 Å². The van der Waals surface area contributed by atoms with E-state index in [1.54, 1.807) is 24.3 Å².